The molecule has 0 aromatic carbocycles. The van der Waals surface area contributed by atoms with Gasteiger partial charge in [0.05, 0.1) is 11.4 Å². The maximum atomic E-state index is 10.4. The van der Waals surface area contributed by atoms with Crippen molar-refractivity contribution >= 4 is 5.97 Å². The second-order valence-corrected chi connectivity index (χ2v) is 3.40. The number of carboxylic acids is 1. The minimum Gasteiger partial charge on any atom is -0.481 e. The largest absolute Gasteiger partial charge is 0.481 e. The van der Waals surface area contributed by atoms with Crippen molar-refractivity contribution in [2.75, 3.05) is 0 Å². The van der Waals surface area contributed by atoms with Crippen molar-refractivity contribution in [1.82, 2.24) is 15.2 Å². The highest BCUT2D eigenvalue weighted by Crippen LogP contribution is 2.16. The number of hydrogen-bond acceptors (Lipinski definition) is 4. The first-order chi connectivity index (χ1) is 6.75. The van der Waals surface area contributed by atoms with Crippen LogP contribution in [0.15, 0.2) is 0 Å². The summed E-state index contributed by atoms with van der Waals surface area (Å²) in [5, 5.41) is 16.3. The predicted octanol–water partition coefficient (Wildman–Crippen LogP) is 0.377. The van der Waals surface area contributed by atoms with Gasteiger partial charge in [-0.1, -0.05) is 0 Å². The lowest BCUT2D eigenvalue weighted by atomic mass is 10.0. The number of hydrogen-bond donors (Lipinski definition) is 1. The molecular formula is C9H11N3O2. The molecule has 1 aromatic heterocycles. The number of carbonyl (C=O) groups is 1. The third-order valence-corrected chi connectivity index (χ3v) is 2.27. The molecule has 0 bridgehead atoms. The Morgan fingerprint density at radius 1 is 1.21 bits per heavy atom. The van der Waals surface area contributed by atoms with Crippen molar-refractivity contribution in [3.63, 3.8) is 0 Å². The Bertz CT molecular complexity index is 365. The fourth-order valence-electron chi connectivity index (χ4n) is 1.61. The number of rotatable bonds is 2. The molecule has 0 radical (unpaired) electrons. The van der Waals surface area contributed by atoms with Gasteiger partial charge in [-0.2, -0.15) is 5.10 Å². The normalized spacial score (nSPS) is 14.9. The fourth-order valence-corrected chi connectivity index (χ4v) is 1.61. The Morgan fingerprint density at radius 2 is 1.93 bits per heavy atom. The Morgan fingerprint density at radius 3 is 2.64 bits per heavy atom. The highest BCUT2D eigenvalue weighted by molar-refractivity contribution is 5.68. The fraction of sp³-hybridized carbons (Fsp3) is 0.556. The minimum absolute atomic E-state index is 0.139. The van der Waals surface area contributed by atoms with Crippen LogP contribution < -0.4 is 0 Å². The molecule has 0 unspecified atom stereocenters. The molecular weight excluding hydrogens is 182 g/mol. The molecule has 1 aromatic rings. The summed E-state index contributed by atoms with van der Waals surface area (Å²) in [5.74, 6) is -0.597. The average Bonchev–Trinajstić information content (AvgIpc) is 2.17. The van der Waals surface area contributed by atoms with Gasteiger partial charge in [0.25, 0.3) is 0 Å². The molecule has 1 aliphatic carbocycles. The SMILES string of the molecule is O=C(O)Cc1nnc2c(n1)CCCC2. The Hall–Kier alpha value is -1.52. The number of fused-ring (bicyclic) bond motifs is 1. The quantitative estimate of drug-likeness (QED) is 0.734. The van der Waals surface area contributed by atoms with Gasteiger partial charge in [-0.05, 0) is 25.7 Å². The average molecular weight is 193 g/mol. The summed E-state index contributed by atoms with van der Waals surface area (Å²) in [6, 6.07) is 0. The van der Waals surface area contributed by atoms with Crippen LogP contribution in [0.1, 0.15) is 30.1 Å². The highest BCUT2D eigenvalue weighted by atomic mass is 16.4. The molecule has 0 atom stereocenters. The predicted molar refractivity (Wildman–Crippen MR) is 47.8 cm³/mol. The molecule has 14 heavy (non-hydrogen) atoms. The van der Waals surface area contributed by atoms with Crippen LogP contribution in [0.2, 0.25) is 0 Å². The van der Waals surface area contributed by atoms with Gasteiger partial charge in [-0.15, -0.1) is 5.10 Å². The van der Waals surface area contributed by atoms with Crippen molar-refractivity contribution < 1.29 is 9.90 Å². The van der Waals surface area contributed by atoms with Crippen LogP contribution in [0.4, 0.5) is 0 Å². The third kappa shape index (κ3) is 1.86. The van der Waals surface area contributed by atoms with E-state index in [0.29, 0.717) is 5.82 Å². The summed E-state index contributed by atoms with van der Waals surface area (Å²) >= 11 is 0. The molecule has 1 N–H and O–H groups in total. The second kappa shape index (κ2) is 3.69. The van der Waals surface area contributed by atoms with Crippen LogP contribution in [0, 0.1) is 0 Å². The number of aromatic nitrogens is 3. The van der Waals surface area contributed by atoms with Gasteiger partial charge in [0.1, 0.15) is 6.42 Å². The van der Waals surface area contributed by atoms with E-state index < -0.39 is 5.97 Å². The van der Waals surface area contributed by atoms with Crippen molar-refractivity contribution in [1.29, 1.82) is 0 Å². The molecule has 0 spiro atoms. The van der Waals surface area contributed by atoms with Crippen LogP contribution >= 0.6 is 0 Å². The van der Waals surface area contributed by atoms with Gasteiger partial charge in [0, 0.05) is 0 Å². The molecule has 0 aliphatic heterocycles. The minimum atomic E-state index is -0.914. The summed E-state index contributed by atoms with van der Waals surface area (Å²) in [6.07, 6.45) is 3.92. The third-order valence-electron chi connectivity index (χ3n) is 2.27. The van der Waals surface area contributed by atoms with E-state index in [1.54, 1.807) is 0 Å². The van der Waals surface area contributed by atoms with Crippen LogP contribution in [0.25, 0.3) is 0 Å². The van der Waals surface area contributed by atoms with Gasteiger partial charge in [-0.25, -0.2) is 4.98 Å². The van der Waals surface area contributed by atoms with E-state index >= 15 is 0 Å². The van der Waals surface area contributed by atoms with Crippen LogP contribution in [-0.4, -0.2) is 26.3 Å². The highest BCUT2D eigenvalue weighted by Gasteiger charge is 2.14. The van der Waals surface area contributed by atoms with Gasteiger partial charge in [0.15, 0.2) is 5.82 Å². The van der Waals surface area contributed by atoms with E-state index in [-0.39, 0.29) is 6.42 Å². The monoisotopic (exact) mass is 193 g/mol. The number of aryl methyl sites for hydroxylation is 2. The number of nitrogens with zero attached hydrogens (tertiary/aromatic N) is 3. The molecule has 2 rings (SSSR count). The zero-order valence-corrected chi connectivity index (χ0v) is 7.73. The van der Waals surface area contributed by atoms with Gasteiger partial charge < -0.3 is 5.11 Å². The van der Waals surface area contributed by atoms with E-state index in [0.717, 1.165) is 37.1 Å². The smallest absolute Gasteiger partial charge is 0.311 e. The molecule has 0 saturated heterocycles. The zero-order chi connectivity index (χ0) is 9.97. The molecule has 5 heteroatoms. The standard InChI is InChI=1S/C9H11N3O2/c13-9(14)5-8-10-6-3-1-2-4-7(6)11-12-8/h1-5H2,(H,13,14). The Kier molecular flexibility index (Phi) is 2.39. The first-order valence-electron chi connectivity index (χ1n) is 4.69. The summed E-state index contributed by atoms with van der Waals surface area (Å²) in [6.45, 7) is 0. The van der Waals surface area contributed by atoms with Gasteiger partial charge >= 0.3 is 5.97 Å². The lowest BCUT2D eigenvalue weighted by Crippen LogP contribution is -2.14. The number of aliphatic carboxylic acids is 1. The molecule has 0 saturated carbocycles. The topological polar surface area (TPSA) is 76.0 Å². The van der Waals surface area contributed by atoms with Crippen molar-refractivity contribution in [2.24, 2.45) is 0 Å². The van der Waals surface area contributed by atoms with Crippen LogP contribution in [-0.2, 0) is 24.1 Å². The molecule has 74 valence electrons. The van der Waals surface area contributed by atoms with E-state index in [9.17, 15) is 4.79 Å². The summed E-state index contributed by atoms with van der Waals surface area (Å²) < 4.78 is 0. The van der Waals surface area contributed by atoms with Gasteiger partial charge in [0.2, 0.25) is 0 Å². The Balaban J connectivity index is 2.24. The zero-order valence-electron chi connectivity index (χ0n) is 7.73. The first kappa shape index (κ1) is 9.05. The van der Waals surface area contributed by atoms with Crippen molar-refractivity contribution in [3.05, 3.63) is 17.2 Å². The van der Waals surface area contributed by atoms with E-state index in [4.69, 9.17) is 5.11 Å². The molecule has 5 nitrogen and oxygen atoms in total. The number of carboxylic acid groups (broad SMARTS) is 1. The Labute approximate surface area is 81.2 Å². The lowest BCUT2D eigenvalue weighted by molar-refractivity contribution is -0.136. The van der Waals surface area contributed by atoms with E-state index in [1.807, 2.05) is 0 Å². The van der Waals surface area contributed by atoms with E-state index in [2.05, 4.69) is 15.2 Å². The summed E-state index contributed by atoms with van der Waals surface area (Å²) in [5.41, 5.74) is 1.87. The molecule has 0 amide bonds. The molecule has 1 heterocycles. The maximum absolute atomic E-state index is 10.4. The summed E-state index contributed by atoms with van der Waals surface area (Å²) in [7, 11) is 0. The van der Waals surface area contributed by atoms with Crippen LogP contribution in [0.5, 0.6) is 0 Å². The maximum Gasteiger partial charge on any atom is 0.311 e. The van der Waals surface area contributed by atoms with Crippen molar-refractivity contribution in [3.8, 4) is 0 Å². The molecule has 0 fully saturated rings. The molecule has 1 aliphatic rings. The van der Waals surface area contributed by atoms with Gasteiger partial charge in [-0.3, -0.25) is 4.79 Å². The summed E-state index contributed by atoms with van der Waals surface area (Å²) in [4.78, 5) is 14.6. The van der Waals surface area contributed by atoms with Crippen molar-refractivity contribution in [2.45, 2.75) is 32.1 Å². The lowest BCUT2D eigenvalue weighted by Gasteiger charge is -2.12. The van der Waals surface area contributed by atoms with E-state index in [1.165, 1.54) is 0 Å². The second-order valence-electron chi connectivity index (χ2n) is 3.40. The van der Waals surface area contributed by atoms with Crippen LogP contribution in [0.3, 0.4) is 0 Å². The first-order valence-corrected chi connectivity index (χ1v) is 4.69.